The van der Waals surface area contributed by atoms with Crippen molar-refractivity contribution in [2.24, 2.45) is 0 Å². The fourth-order valence-corrected chi connectivity index (χ4v) is 5.68. The van der Waals surface area contributed by atoms with Gasteiger partial charge in [0.1, 0.15) is 11.2 Å². The Morgan fingerprint density at radius 1 is 0.590 bits per heavy atom. The molecule has 4 nitrogen and oxygen atoms in total. The molecule has 1 aromatic heterocycles. The van der Waals surface area contributed by atoms with E-state index in [0.717, 1.165) is 28.5 Å². The maximum atomic E-state index is 6.78. The van der Waals surface area contributed by atoms with E-state index in [2.05, 4.69) is 133 Å². The smallest absolute Gasteiger partial charge is 0.387 e. The number of hydrogen-bond donors (Lipinski definition) is 1. The van der Waals surface area contributed by atoms with Gasteiger partial charge in [-0.2, -0.15) is 0 Å². The molecule has 0 spiro atoms. The number of benzene rings is 2. The summed E-state index contributed by atoms with van der Waals surface area (Å²) in [6, 6.07) is 9.31. The lowest BCUT2D eigenvalue weighted by Gasteiger charge is -2.27. The predicted molar refractivity (Wildman–Crippen MR) is 170 cm³/mol. The third-order valence-corrected chi connectivity index (χ3v) is 8.16. The average Bonchev–Trinajstić information content (AvgIpc) is 2.88. The van der Waals surface area contributed by atoms with Crippen LogP contribution in [0.3, 0.4) is 0 Å². The summed E-state index contributed by atoms with van der Waals surface area (Å²) in [6.07, 6.45) is 0. The first kappa shape index (κ1) is 31.8. The molecule has 3 aromatic rings. The van der Waals surface area contributed by atoms with E-state index in [9.17, 15) is 0 Å². The molecular weight excluding hydrogens is 501 g/mol. The summed E-state index contributed by atoms with van der Waals surface area (Å²) in [7, 11) is -1.66. The number of nitrogens with one attached hydrogen (secondary N) is 1. The molecule has 0 fully saturated rings. The van der Waals surface area contributed by atoms with E-state index in [1.54, 1.807) is 0 Å². The Bertz CT molecular complexity index is 1270. The van der Waals surface area contributed by atoms with Crippen LogP contribution in [0.4, 0.5) is 0 Å². The minimum Gasteiger partial charge on any atom is -0.399 e. The normalized spacial score (nSPS) is 13.9. The van der Waals surface area contributed by atoms with Gasteiger partial charge in [0, 0.05) is 34.0 Å². The van der Waals surface area contributed by atoms with Crippen molar-refractivity contribution >= 4 is 30.2 Å². The van der Waals surface area contributed by atoms with E-state index >= 15 is 0 Å². The second kappa shape index (κ2) is 10.6. The molecule has 218 valence electrons. The van der Waals surface area contributed by atoms with Crippen molar-refractivity contribution in [2.45, 2.75) is 131 Å². The number of fused-ring (bicyclic) bond motifs is 3. The van der Waals surface area contributed by atoms with Gasteiger partial charge in [0.05, 0.1) is 6.61 Å². The molecule has 0 bridgehead atoms. The fraction of sp³-hybridized carbons (Fsp3) is 0.647. The monoisotopic (exact) mass is 555 g/mol. The van der Waals surface area contributed by atoms with Crippen LogP contribution in [-0.2, 0) is 21.7 Å². The van der Waals surface area contributed by atoms with Crippen molar-refractivity contribution in [1.82, 2.24) is 5.32 Å². The highest BCUT2D eigenvalue weighted by molar-refractivity contribution is 7.31. The van der Waals surface area contributed by atoms with Crippen LogP contribution in [0, 0.1) is 0 Å². The Morgan fingerprint density at radius 2 is 0.974 bits per heavy atom. The first-order valence-corrected chi connectivity index (χ1v) is 15.5. The molecule has 0 aliphatic rings. The SMILES string of the molecule is CC(C)(C)NCCOp1oc2c(C(C)(C)C)cc(C(C)(C)C)cc2c2cc(C(C)(C)C)cc(C(C)(C)C)c2o1. The Hall–Kier alpha value is -1.74. The Labute approximate surface area is 238 Å². The summed E-state index contributed by atoms with van der Waals surface area (Å²) in [5, 5.41) is 5.70. The standard InChI is InChI=1S/C34H54NO3P/c1-30(2,3)22-18-24-25-19-23(31(4,5)6)21-27(33(10,11)12)29(25)38-39(36-17-16-35-34(13,14)15)37-28(24)26(20-22)32(7,8)9/h18-21,35H,16-17H2,1-15H3. The van der Waals surface area contributed by atoms with Crippen LogP contribution in [0.15, 0.2) is 32.7 Å². The van der Waals surface area contributed by atoms with Gasteiger partial charge in [-0.1, -0.05) is 95.2 Å². The molecule has 0 radical (unpaired) electrons. The third-order valence-electron chi connectivity index (χ3n) is 7.10. The van der Waals surface area contributed by atoms with Gasteiger partial charge >= 0.3 is 8.24 Å². The van der Waals surface area contributed by atoms with E-state index in [-0.39, 0.29) is 27.2 Å². The van der Waals surface area contributed by atoms with E-state index in [0.29, 0.717) is 6.61 Å². The average molecular weight is 556 g/mol. The number of hydrogen-bond acceptors (Lipinski definition) is 4. The lowest BCUT2D eigenvalue weighted by molar-refractivity contribution is 0.331. The minimum atomic E-state index is -1.66. The van der Waals surface area contributed by atoms with Crippen molar-refractivity contribution in [2.75, 3.05) is 13.2 Å². The Kier molecular flexibility index (Phi) is 8.63. The van der Waals surface area contributed by atoms with E-state index in [1.165, 1.54) is 22.3 Å². The molecule has 0 unspecified atom stereocenters. The third kappa shape index (κ3) is 7.72. The number of rotatable bonds is 4. The summed E-state index contributed by atoms with van der Waals surface area (Å²) >= 11 is 0. The van der Waals surface area contributed by atoms with Crippen molar-refractivity contribution < 1.29 is 12.9 Å². The van der Waals surface area contributed by atoms with Gasteiger partial charge in [-0.15, -0.1) is 0 Å². The zero-order valence-corrected chi connectivity index (χ0v) is 28.3. The highest BCUT2D eigenvalue weighted by Crippen LogP contribution is 2.44. The molecule has 3 rings (SSSR count). The van der Waals surface area contributed by atoms with Gasteiger partial charge in [-0.05, 0) is 65.7 Å². The maximum absolute atomic E-state index is 6.78. The lowest BCUT2D eigenvalue weighted by atomic mass is 9.77. The van der Waals surface area contributed by atoms with Gasteiger partial charge in [0.15, 0.2) is 0 Å². The van der Waals surface area contributed by atoms with Gasteiger partial charge in [0.2, 0.25) is 0 Å². The Morgan fingerprint density at radius 3 is 1.28 bits per heavy atom. The molecule has 0 aliphatic heterocycles. The molecule has 1 heterocycles. The van der Waals surface area contributed by atoms with Crippen LogP contribution >= 0.6 is 8.24 Å². The zero-order chi connectivity index (χ0) is 29.8. The quantitative estimate of drug-likeness (QED) is 0.325. The molecule has 0 amide bonds. The van der Waals surface area contributed by atoms with Crippen LogP contribution in [0.2, 0.25) is 0 Å². The van der Waals surface area contributed by atoms with Crippen LogP contribution in [0.1, 0.15) is 126 Å². The topological polar surface area (TPSA) is 47.5 Å². The highest BCUT2D eigenvalue weighted by atomic mass is 31.1. The fourth-order valence-electron chi connectivity index (χ4n) is 4.60. The van der Waals surface area contributed by atoms with Crippen LogP contribution in [0.25, 0.3) is 21.9 Å². The summed E-state index contributed by atoms with van der Waals surface area (Å²) in [5.74, 6) is 0. The summed E-state index contributed by atoms with van der Waals surface area (Å²) in [5.41, 5.74) is 6.46. The van der Waals surface area contributed by atoms with E-state index in [4.69, 9.17) is 12.9 Å². The molecule has 2 aromatic carbocycles. The minimum absolute atomic E-state index is 0.0172. The van der Waals surface area contributed by atoms with Crippen LogP contribution < -0.4 is 9.84 Å². The molecule has 0 atom stereocenters. The van der Waals surface area contributed by atoms with Gasteiger partial charge < -0.3 is 13.7 Å². The zero-order valence-electron chi connectivity index (χ0n) is 27.4. The maximum Gasteiger partial charge on any atom is 0.387 e. The van der Waals surface area contributed by atoms with Gasteiger partial charge in [0.25, 0.3) is 0 Å². The molecular formula is C34H54NO3P. The van der Waals surface area contributed by atoms with Crippen LogP contribution in [-0.4, -0.2) is 18.7 Å². The molecule has 0 saturated carbocycles. The second-order valence-electron chi connectivity index (χ2n) is 16.2. The van der Waals surface area contributed by atoms with Crippen molar-refractivity contribution in [1.29, 1.82) is 0 Å². The molecule has 1 N–H and O–H groups in total. The summed E-state index contributed by atoms with van der Waals surface area (Å²) in [4.78, 5) is 0. The first-order chi connectivity index (χ1) is 17.5. The summed E-state index contributed by atoms with van der Waals surface area (Å²) in [6.45, 7) is 34.9. The summed E-state index contributed by atoms with van der Waals surface area (Å²) < 4.78 is 19.9. The molecule has 5 heteroatoms. The van der Waals surface area contributed by atoms with Crippen molar-refractivity contribution in [3.63, 3.8) is 0 Å². The molecule has 0 saturated heterocycles. The van der Waals surface area contributed by atoms with E-state index < -0.39 is 8.24 Å². The Balaban J connectivity index is 2.54. The van der Waals surface area contributed by atoms with Crippen molar-refractivity contribution in [3.05, 3.63) is 46.5 Å². The molecule has 0 aliphatic carbocycles. The van der Waals surface area contributed by atoms with Gasteiger partial charge in [-0.3, -0.25) is 4.52 Å². The predicted octanol–water partition coefficient (Wildman–Crippen LogP) is 10.3. The van der Waals surface area contributed by atoms with Gasteiger partial charge in [-0.25, -0.2) is 0 Å². The molecule has 39 heavy (non-hydrogen) atoms. The second-order valence-corrected chi connectivity index (χ2v) is 17.3. The lowest BCUT2D eigenvalue weighted by Crippen LogP contribution is -2.38. The van der Waals surface area contributed by atoms with Crippen LogP contribution in [0.5, 0.6) is 0 Å². The largest absolute Gasteiger partial charge is 0.399 e. The highest BCUT2D eigenvalue weighted by Gasteiger charge is 2.28. The van der Waals surface area contributed by atoms with E-state index in [1.807, 2.05) is 0 Å². The first-order valence-electron chi connectivity index (χ1n) is 14.4. The van der Waals surface area contributed by atoms with Crippen molar-refractivity contribution in [3.8, 4) is 0 Å².